The number of hydrogen-bond donors (Lipinski definition) is 1. The molecule has 4 atom stereocenters. The van der Waals surface area contributed by atoms with Crippen molar-refractivity contribution >= 4 is 11.8 Å². The highest BCUT2D eigenvalue weighted by Gasteiger charge is 2.63. The minimum Gasteiger partial charge on any atom is -0.496 e. The van der Waals surface area contributed by atoms with Crippen LogP contribution in [0.3, 0.4) is 0 Å². The van der Waals surface area contributed by atoms with Crippen LogP contribution in [0.5, 0.6) is 5.75 Å². The summed E-state index contributed by atoms with van der Waals surface area (Å²) in [6.07, 6.45) is 3.70. The van der Waals surface area contributed by atoms with Crippen LogP contribution >= 0.6 is 0 Å². The summed E-state index contributed by atoms with van der Waals surface area (Å²) >= 11 is 0. The summed E-state index contributed by atoms with van der Waals surface area (Å²) in [7, 11) is 1.57. The van der Waals surface area contributed by atoms with Crippen molar-refractivity contribution in [3.63, 3.8) is 0 Å². The Balaban J connectivity index is 1.43. The number of amides is 2. The minimum absolute atomic E-state index is 0.124. The number of benzene rings is 1. The van der Waals surface area contributed by atoms with Crippen LogP contribution in [0.15, 0.2) is 24.3 Å². The van der Waals surface area contributed by atoms with E-state index in [4.69, 9.17) is 9.47 Å². The van der Waals surface area contributed by atoms with E-state index in [1.807, 2.05) is 24.0 Å². The predicted octanol–water partition coefficient (Wildman–Crippen LogP) is 2.23. The number of carbonyl (C=O) groups excluding carboxylic acids is 2. The van der Waals surface area contributed by atoms with Crippen LogP contribution in [0.2, 0.25) is 0 Å². The second-order valence-corrected chi connectivity index (χ2v) is 7.96. The SMILES string of the molecule is CCCC(=O)N1C[C@@H]2[C@H](CNC(=O)c3ccccc3OC)[C@H]3CC[C@]2(C1)O3. The molecule has 0 aliphatic carbocycles. The number of nitrogens with one attached hydrogen (secondary N) is 1. The van der Waals surface area contributed by atoms with E-state index >= 15 is 0 Å². The van der Waals surface area contributed by atoms with Crippen molar-refractivity contribution in [2.24, 2.45) is 11.8 Å². The predicted molar refractivity (Wildman–Crippen MR) is 101 cm³/mol. The van der Waals surface area contributed by atoms with Crippen molar-refractivity contribution < 1.29 is 19.1 Å². The first-order chi connectivity index (χ1) is 13.1. The average molecular weight is 372 g/mol. The number of hydrogen-bond acceptors (Lipinski definition) is 4. The standard InChI is InChI=1S/C21H28N2O4/c1-3-6-19(24)23-12-16-15(18-9-10-21(16,13-23)27-18)11-22-20(25)14-7-4-5-8-17(14)26-2/h4-5,7-8,15-16,18H,3,6,9-13H2,1-2H3,(H,22,25)/t15-,16+,18+,21+/m0/s1. The normalized spacial score (nSPS) is 31.0. The summed E-state index contributed by atoms with van der Waals surface area (Å²) in [5, 5.41) is 3.08. The lowest BCUT2D eigenvalue weighted by Gasteiger charge is -2.29. The zero-order valence-corrected chi connectivity index (χ0v) is 16.1. The fraction of sp³-hybridized carbons (Fsp3) is 0.619. The first-order valence-electron chi connectivity index (χ1n) is 9.95. The molecule has 1 aromatic rings. The quantitative estimate of drug-likeness (QED) is 0.832. The number of methoxy groups -OCH3 is 1. The van der Waals surface area contributed by atoms with E-state index in [0.717, 1.165) is 25.8 Å². The number of fused-ring (bicyclic) bond motifs is 1. The molecule has 1 N–H and O–H groups in total. The van der Waals surface area contributed by atoms with Crippen molar-refractivity contribution in [2.75, 3.05) is 26.7 Å². The Morgan fingerprint density at radius 2 is 2.19 bits per heavy atom. The van der Waals surface area contributed by atoms with Crippen LogP contribution in [0.4, 0.5) is 0 Å². The van der Waals surface area contributed by atoms with Crippen LogP contribution in [0.25, 0.3) is 0 Å². The van der Waals surface area contributed by atoms with Gasteiger partial charge >= 0.3 is 0 Å². The van der Waals surface area contributed by atoms with Gasteiger partial charge in [-0.15, -0.1) is 0 Å². The first kappa shape index (κ1) is 18.3. The fourth-order valence-electron chi connectivity index (χ4n) is 5.16. The molecule has 2 bridgehead atoms. The van der Waals surface area contributed by atoms with E-state index in [2.05, 4.69) is 5.32 Å². The summed E-state index contributed by atoms with van der Waals surface area (Å²) in [6, 6.07) is 7.25. The van der Waals surface area contributed by atoms with Crippen molar-refractivity contribution in [1.82, 2.24) is 10.2 Å². The van der Waals surface area contributed by atoms with Crippen LogP contribution < -0.4 is 10.1 Å². The van der Waals surface area contributed by atoms with Crippen molar-refractivity contribution in [3.8, 4) is 5.75 Å². The lowest BCUT2D eigenvalue weighted by molar-refractivity contribution is -0.131. The van der Waals surface area contributed by atoms with Crippen LogP contribution in [0, 0.1) is 11.8 Å². The number of rotatable bonds is 6. The number of carbonyl (C=O) groups is 2. The number of para-hydroxylation sites is 1. The van der Waals surface area contributed by atoms with Gasteiger partial charge in [-0.25, -0.2) is 0 Å². The Morgan fingerprint density at radius 3 is 2.96 bits per heavy atom. The summed E-state index contributed by atoms with van der Waals surface area (Å²) < 4.78 is 11.7. The molecule has 27 heavy (non-hydrogen) atoms. The molecule has 0 saturated carbocycles. The smallest absolute Gasteiger partial charge is 0.255 e. The maximum Gasteiger partial charge on any atom is 0.255 e. The number of likely N-dealkylation sites (tertiary alicyclic amines) is 1. The zero-order valence-electron chi connectivity index (χ0n) is 16.1. The van der Waals surface area contributed by atoms with E-state index in [0.29, 0.717) is 36.7 Å². The van der Waals surface area contributed by atoms with E-state index in [1.165, 1.54) is 0 Å². The Bertz CT molecular complexity index is 737. The van der Waals surface area contributed by atoms with Crippen LogP contribution in [-0.4, -0.2) is 55.2 Å². The van der Waals surface area contributed by atoms with Gasteiger partial charge in [-0.1, -0.05) is 19.1 Å². The molecule has 0 unspecified atom stereocenters. The topological polar surface area (TPSA) is 67.9 Å². The molecular weight excluding hydrogens is 344 g/mol. The molecule has 6 heteroatoms. The molecule has 3 fully saturated rings. The van der Waals surface area contributed by atoms with Crippen LogP contribution in [-0.2, 0) is 9.53 Å². The molecule has 0 aromatic heterocycles. The van der Waals surface area contributed by atoms with E-state index in [-0.39, 0.29) is 29.4 Å². The first-order valence-corrected chi connectivity index (χ1v) is 9.95. The van der Waals surface area contributed by atoms with Gasteiger partial charge in [0.1, 0.15) is 5.75 Å². The summed E-state index contributed by atoms with van der Waals surface area (Å²) in [4.78, 5) is 27.0. The Hall–Kier alpha value is -2.08. The third kappa shape index (κ3) is 3.10. The monoisotopic (exact) mass is 372 g/mol. The molecule has 3 aliphatic rings. The van der Waals surface area contributed by atoms with Crippen LogP contribution in [0.1, 0.15) is 43.0 Å². The highest BCUT2D eigenvalue weighted by atomic mass is 16.5. The zero-order chi connectivity index (χ0) is 19.0. The molecule has 1 spiro atoms. The molecule has 0 radical (unpaired) electrons. The lowest BCUT2D eigenvalue weighted by Crippen LogP contribution is -2.42. The molecule has 3 aliphatic heterocycles. The highest BCUT2D eigenvalue weighted by Crippen LogP contribution is 2.54. The Kier molecular flexibility index (Phi) is 4.84. The molecular formula is C21H28N2O4. The molecule has 3 heterocycles. The minimum atomic E-state index is -0.187. The van der Waals surface area contributed by atoms with Gasteiger partial charge in [-0.05, 0) is 31.4 Å². The second kappa shape index (κ2) is 7.15. The van der Waals surface area contributed by atoms with Gasteiger partial charge in [0.25, 0.3) is 5.91 Å². The van der Waals surface area contributed by atoms with Crippen molar-refractivity contribution in [3.05, 3.63) is 29.8 Å². The van der Waals surface area contributed by atoms with Crippen molar-refractivity contribution in [1.29, 1.82) is 0 Å². The molecule has 1 aromatic carbocycles. The maximum atomic E-state index is 12.6. The maximum absolute atomic E-state index is 12.6. The Morgan fingerprint density at radius 1 is 1.37 bits per heavy atom. The third-order valence-electron chi connectivity index (χ3n) is 6.45. The van der Waals surface area contributed by atoms with Crippen molar-refractivity contribution in [2.45, 2.75) is 44.3 Å². The van der Waals surface area contributed by atoms with Gasteiger partial charge < -0.3 is 19.7 Å². The molecule has 3 saturated heterocycles. The third-order valence-corrected chi connectivity index (χ3v) is 6.45. The number of ether oxygens (including phenoxy) is 2. The average Bonchev–Trinajstić information content (AvgIpc) is 3.34. The van der Waals surface area contributed by atoms with E-state index < -0.39 is 0 Å². The molecule has 6 nitrogen and oxygen atoms in total. The summed E-state index contributed by atoms with van der Waals surface area (Å²) in [6.45, 7) is 4.07. The fourth-order valence-corrected chi connectivity index (χ4v) is 5.16. The van der Waals surface area contributed by atoms with Gasteiger partial charge in [0.2, 0.25) is 5.91 Å². The highest BCUT2D eigenvalue weighted by molar-refractivity contribution is 5.96. The van der Waals surface area contributed by atoms with E-state index in [1.54, 1.807) is 19.2 Å². The largest absolute Gasteiger partial charge is 0.496 e. The summed E-state index contributed by atoms with van der Waals surface area (Å²) in [5.74, 6) is 1.26. The lowest BCUT2D eigenvalue weighted by atomic mass is 9.73. The molecule has 146 valence electrons. The molecule has 4 rings (SSSR count). The van der Waals surface area contributed by atoms with Gasteiger partial charge in [0, 0.05) is 31.3 Å². The second-order valence-electron chi connectivity index (χ2n) is 7.96. The van der Waals surface area contributed by atoms with Gasteiger partial charge in [-0.2, -0.15) is 0 Å². The van der Waals surface area contributed by atoms with Gasteiger partial charge in [0.15, 0.2) is 0 Å². The molecule has 2 amide bonds. The summed E-state index contributed by atoms with van der Waals surface area (Å²) in [5.41, 5.74) is 0.360. The Labute approximate surface area is 160 Å². The van der Waals surface area contributed by atoms with E-state index in [9.17, 15) is 9.59 Å². The van der Waals surface area contributed by atoms with Gasteiger partial charge in [0.05, 0.1) is 30.9 Å². The van der Waals surface area contributed by atoms with Gasteiger partial charge in [-0.3, -0.25) is 9.59 Å². The number of nitrogens with zero attached hydrogens (tertiary/aromatic N) is 1.